The minimum absolute atomic E-state index is 0.114. The van der Waals surface area contributed by atoms with Gasteiger partial charge in [-0.25, -0.2) is 0 Å². The van der Waals surface area contributed by atoms with Gasteiger partial charge in [0.25, 0.3) is 0 Å². The van der Waals surface area contributed by atoms with Crippen LogP contribution in [0.5, 0.6) is 5.75 Å². The number of aliphatic imine (C=N–C) groups is 1. The van der Waals surface area contributed by atoms with Crippen LogP contribution in [0.3, 0.4) is 0 Å². The quantitative estimate of drug-likeness (QED) is 0.383. The molecule has 1 fully saturated rings. The molecule has 1 aliphatic carbocycles. The molecule has 0 aliphatic heterocycles. The summed E-state index contributed by atoms with van der Waals surface area (Å²) in [5, 5.41) is 6.16. The van der Waals surface area contributed by atoms with Crippen LogP contribution in [0.25, 0.3) is 0 Å². The molecule has 0 atom stereocenters. The van der Waals surface area contributed by atoms with E-state index in [1.165, 1.54) is 37.8 Å². The maximum atomic E-state index is 12.2. The molecule has 156 valence electrons. The second kappa shape index (κ2) is 11.5. The molecular weight excluding hydrogens is 366 g/mol. The van der Waals surface area contributed by atoms with Crippen LogP contribution in [0.2, 0.25) is 0 Å². The molecule has 1 aromatic rings. The fourth-order valence-electron chi connectivity index (χ4n) is 3.43. The topological polar surface area (TPSA) is 66.0 Å². The van der Waals surface area contributed by atoms with Gasteiger partial charge in [-0.1, -0.05) is 25.0 Å². The molecule has 0 heterocycles. The number of guanidine groups is 1. The lowest BCUT2D eigenvalue weighted by atomic mass is 10.0. The van der Waals surface area contributed by atoms with Crippen LogP contribution in [-0.2, 0) is 11.3 Å². The van der Waals surface area contributed by atoms with Crippen LogP contribution in [0.15, 0.2) is 29.3 Å². The fraction of sp³-hybridized carbons (Fsp3) is 0.600. The standard InChI is InChI=1S/C20H30F2N4O2/c1-23-20(25-12-11-24-18(27)13-15-5-3-4-6-15)26(2)14-16-7-9-17(10-8-16)28-19(21)22/h7-10,15,19H,3-6,11-14H2,1-2H3,(H,23,25)(H,24,27). The smallest absolute Gasteiger partial charge is 0.387 e. The largest absolute Gasteiger partial charge is 0.435 e. The number of ether oxygens (including phenoxy) is 1. The molecule has 0 aromatic heterocycles. The summed E-state index contributed by atoms with van der Waals surface area (Å²) in [6, 6.07) is 6.52. The molecule has 2 rings (SSSR count). The van der Waals surface area contributed by atoms with Crippen molar-refractivity contribution in [2.24, 2.45) is 10.9 Å². The SMILES string of the molecule is CN=C(NCCNC(=O)CC1CCCC1)N(C)Cc1ccc(OC(F)F)cc1. The molecular formula is C20H30F2N4O2. The number of alkyl halides is 2. The Morgan fingerprint density at radius 1 is 1.21 bits per heavy atom. The van der Waals surface area contributed by atoms with Gasteiger partial charge in [-0.3, -0.25) is 9.79 Å². The monoisotopic (exact) mass is 396 g/mol. The molecule has 0 radical (unpaired) electrons. The minimum atomic E-state index is -2.82. The Bertz CT molecular complexity index is 632. The van der Waals surface area contributed by atoms with E-state index in [2.05, 4.69) is 20.4 Å². The lowest BCUT2D eigenvalue weighted by Crippen LogP contribution is -2.42. The van der Waals surface area contributed by atoms with Gasteiger partial charge < -0.3 is 20.3 Å². The molecule has 1 amide bonds. The third kappa shape index (κ3) is 7.70. The van der Waals surface area contributed by atoms with Crippen LogP contribution in [0.1, 0.15) is 37.7 Å². The maximum absolute atomic E-state index is 12.2. The Morgan fingerprint density at radius 3 is 2.46 bits per heavy atom. The third-order valence-electron chi connectivity index (χ3n) is 4.82. The van der Waals surface area contributed by atoms with Gasteiger partial charge >= 0.3 is 6.61 Å². The van der Waals surface area contributed by atoms with Gasteiger partial charge in [0, 0.05) is 40.2 Å². The molecule has 8 heteroatoms. The fourth-order valence-corrected chi connectivity index (χ4v) is 3.43. The van der Waals surface area contributed by atoms with E-state index in [9.17, 15) is 13.6 Å². The number of nitrogens with zero attached hydrogens (tertiary/aromatic N) is 2. The molecule has 0 saturated heterocycles. The number of nitrogens with one attached hydrogen (secondary N) is 2. The summed E-state index contributed by atoms with van der Waals surface area (Å²) in [5.41, 5.74) is 0.942. The molecule has 0 spiro atoms. The predicted octanol–water partition coefficient (Wildman–Crippen LogP) is 2.99. The first-order valence-electron chi connectivity index (χ1n) is 9.70. The second-order valence-electron chi connectivity index (χ2n) is 7.06. The summed E-state index contributed by atoms with van der Waals surface area (Å²) in [6.07, 6.45) is 5.44. The van der Waals surface area contributed by atoms with Crippen molar-refractivity contribution in [1.82, 2.24) is 15.5 Å². The Morgan fingerprint density at radius 2 is 1.86 bits per heavy atom. The van der Waals surface area contributed by atoms with E-state index >= 15 is 0 Å². The number of rotatable bonds is 9. The summed E-state index contributed by atoms with van der Waals surface area (Å²) < 4.78 is 28.8. The molecule has 28 heavy (non-hydrogen) atoms. The van der Waals surface area contributed by atoms with Crippen LogP contribution in [0.4, 0.5) is 8.78 Å². The summed E-state index contributed by atoms with van der Waals surface area (Å²) >= 11 is 0. The van der Waals surface area contributed by atoms with Crippen molar-refractivity contribution in [3.05, 3.63) is 29.8 Å². The Kier molecular flexibility index (Phi) is 8.97. The first-order valence-corrected chi connectivity index (χ1v) is 9.70. The number of amides is 1. The van der Waals surface area contributed by atoms with Crippen LogP contribution < -0.4 is 15.4 Å². The Labute approximate surface area is 165 Å². The number of halogens is 2. The van der Waals surface area contributed by atoms with E-state index < -0.39 is 6.61 Å². The maximum Gasteiger partial charge on any atom is 0.387 e. The number of benzene rings is 1. The van der Waals surface area contributed by atoms with Crippen LogP contribution in [-0.4, -0.2) is 50.6 Å². The highest BCUT2D eigenvalue weighted by Crippen LogP contribution is 2.27. The van der Waals surface area contributed by atoms with E-state index in [0.29, 0.717) is 37.9 Å². The van der Waals surface area contributed by atoms with Crippen molar-refractivity contribution in [3.63, 3.8) is 0 Å². The highest BCUT2D eigenvalue weighted by Gasteiger charge is 2.18. The Hall–Kier alpha value is -2.38. The zero-order chi connectivity index (χ0) is 20.4. The highest BCUT2D eigenvalue weighted by atomic mass is 19.3. The van der Waals surface area contributed by atoms with Crippen molar-refractivity contribution in [1.29, 1.82) is 0 Å². The zero-order valence-corrected chi connectivity index (χ0v) is 16.6. The summed E-state index contributed by atoms with van der Waals surface area (Å²) in [6.45, 7) is -1.15. The van der Waals surface area contributed by atoms with E-state index in [1.54, 1.807) is 19.2 Å². The number of hydrogen-bond donors (Lipinski definition) is 2. The lowest BCUT2D eigenvalue weighted by Gasteiger charge is -2.22. The summed E-state index contributed by atoms with van der Waals surface area (Å²) in [4.78, 5) is 18.1. The first-order chi connectivity index (χ1) is 13.5. The van der Waals surface area contributed by atoms with Crippen molar-refractivity contribution in [3.8, 4) is 5.75 Å². The average molecular weight is 396 g/mol. The predicted molar refractivity (Wildman–Crippen MR) is 105 cm³/mol. The normalized spacial score (nSPS) is 15.0. The van der Waals surface area contributed by atoms with Gasteiger partial charge in [0.2, 0.25) is 5.91 Å². The molecule has 1 saturated carbocycles. The molecule has 1 aliphatic rings. The van der Waals surface area contributed by atoms with Crippen molar-refractivity contribution < 1.29 is 18.3 Å². The molecule has 6 nitrogen and oxygen atoms in total. The third-order valence-corrected chi connectivity index (χ3v) is 4.82. The average Bonchev–Trinajstić information content (AvgIpc) is 3.15. The van der Waals surface area contributed by atoms with Gasteiger partial charge in [0.15, 0.2) is 5.96 Å². The molecule has 0 bridgehead atoms. The molecule has 0 unspecified atom stereocenters. The van der Waals surface area contributed by atoms with Crippen molar-refractivity contribution in [2.75, 3.05) is 27.2 Å². The molecule has 1 aromatic carbocycles. The van der Waals surface area contributed by atoms with E-state index in [-0.39, 0.29) is 11.7 Å². The Balaban J connectivity index is 1.69. The van der Waals surface area contributed by atoms with Gasteiger partial charge in [-0.15, -0.1) is 0 Å². The summed E-state index contributed by atoms with van der Waals surface area (Å²) in [7, 11) is 3.58. The van der Waals surface area contributed by atoms with E-state index in [4.69, 9.17) is 0 Å². The molecule has 2 N–H and O–H groups in total. The second-order valence-corrected chi connectivity index (χ2v) is 7.06. The number of carbonyl (C=O) groups excluding carboxylic acids is 1. The van der Waals surface area contributed by atoms with E-state index in [1.807, 2.05) is 11.9 Å². The van der Waals surface area contributed by atoms with E-state index in [0.717, 1.165) is 5.56 Å². The van der Waals surface area contributed by atoms with Gasteiger partial charge in [0.1, 0.15) is 5.75 Å². The summed E-state index contributed by atoms with van der Waals surface area (Å²) in [5.74, 6) is 1.49. The minimum Gasteiger partial charge on any atom is -0.435 e. The van der Waals surface area contributed by atoms with Crippen LogP contribution >= 0.6 is 0 Å². The lowest BCUT2D eigenvalue weighted by molar-refractivity contribution is -0.121. The number of carbonyl (C=O) groups is 1. The van der Waals surface area contributed by atoms with Crippen molar-refractivity contribution in [2.45, 2.75) is 45.3 Å². The van der Waals surface area contributed by atoms with Crippen LogP contribution in [0, 0.1) is 5.92 Å². The number of hydrogen-bond acceptors (Lipinski definition) is 3. The zero-order valence-electron chi connectivity index (χ0n) is 16.6. The first kappa shape index (κ1) is 21.9. The van der Waals surface area contributed by atoms with Gasteiger partial charge in [0.05, 0.1) is 0 Å². The van der Waals surface area contributed by atoms with Gasteiger partial charge in [-0.2, -0.15) is 8.78 Å². The highest BCUT2D eigenvalue weighted by molar-refractivity contribution is 5.80. The van der Waals surface area contributed by atoms with Gasteiger partial charge in [-0.05, 0) is 36.5 Å². The van der Waals surface area contributed by atoms with Crippen molar-refractivity contribution >= 4 is 11.9 Å².